The van der Waals surface area contributed by atoms with Crippen LogP contribution in [-0.2, 0) is 4.74 Å². The van der Waals surface area contributed by atoms with Gasteiger partial charge in [0.2, 0.25) is 0 Å². The Labute approximate surface area is 94.2 Å². The number of carbonyl (C=O) groups excluding carboxylic acids is 1. The molecule has 86 valence electrons. The molecule has 0 bridgehead atoms. The molecule has 1 aliphatic carbocycles. The van der Waals surface area contributed by atoms with Crippen LogP contribution >= 0.6 is 0 Å². The molecule has 1 saturated carbocycles. The van der Waals surface area contributed by atoms with Gasteiger partial charge in [0.05, 0.1) is 19.5 Å². The quantitative estimate of drug-likeness (QED) is 0.780. The first-order valence-corrected chi connectivity index (χ1v) is 5.41. The molecule has 5 heteroatoms. The summed E-state index contributed by atoms with van der Waals surface area (Å²) >= 11 is 0. The number of esters is 1. The second-order valence-electron chi connectivity index (χ2n) is 3.93. The summed E-state index contributed by atoms with van der Waals surface area (Å²) in [5, 5.41) is 3.28. The van der Waals surface area contributed by atoms with E-state index in [4.69, 9.17) is 0 Å². The fraction of sp³-hybridized carbons (Fsp3) is 0.545. The third-order valence-corrected chi connectivity index (χ3v) is 2.83. The van der Waals surface area contributed by atoms with Crippen molar-refractivity contribution in [1.82, 2.24) is 9.97 Å². The Morgan fingerprint density at radius 2 is 2.38 bits per heavy atom. The molecule has 0 spiro atoms. The second kappa shape index (κ2) is 4.47. The molecule has 1 fully saturated rings. The summed E-state index contributed by atoms with van der Waals surface area (Å²) < 4.78 is 4.54. The van der Waals surface area contributed by atoms with E-state index in [2.05, 4.69) is 26.9 Å². The largest absolute Gasteiger partial charge is 0.464 e. The number of methoxy groups -OCH3 is 1. The van der Waals surface area contributed by atoms with Crippen LogP contribution in [0.5, 0.6) is 0 Å². The van der Waals surface area contributed by atoms with Crippen LogP contribution in [0.15, 0.2) is 12.4 Å². The van der Waals surface area contributed by atoms with Crippen molar-refractivity contribution in [1.29, 1.82) is 0 Å². The molecule has 0 saturated heterocycles. The molecule has 1 N–H and O–H groups in total. The molecule has 1 heterocycles. The van der Waals surface area contributed by atoms with E-state index in [0.717, 1.165) is 5.92 Å². The van der Waals surface area contributed by atoms with Crippen molar-refractivity contribution >= 4 is 11.8 Å². The maximum Gasteiger partial charge on any atom is 0.358 e. The van der Waals surface area contributed by atoms with E-state index in [0.29, 0.717) is 11.9 Å². The number of rotatable bonds is 4. The Balaban J connectivity index is 1.95. The molecule has 2 rings (SSSR count). The summed E-state index contributed by atoms with van der Waals surface area (Å²) in [4.78, 5) is 19.2. The SMILES string of the molecule is CCC1CC1Nc1cnc(C(=O)OC)cn1. The van der Waals surface area contributed by atoms with E-state index in [1.165, 1.54) is 26.1 Å². The van der Waals surface area contributed by atoms with Gasteiger partial charge in [-0.05, 0) is 12.3 Å². The number of anilines is 1. The van der Waals surface area contributed by atoms with Gasteiger partial charge in [-0.25, -0.2) is 14.8 Å². The summed E-state index contributed by atoms with van der Waals surface area (Å²) in [6.07, 6.45) is 5.37. The van der Waals surface area contributed by atoms with Gasteiger partial charge >= 0.3 is 5.97 Å². The van der Waals surface area contributed by atoms with Crippen molar-refractivity contribution < 1.29 is 9.53 Å². The van der Waals surface area contributed by atoms with Crippen LogP contribution < -0.4 is 5.32 Å². The zero-order valence-electron chi connectivity index (χ0n) is 9.43. The van der Waals surface area contributed by atoms with Crippen molar-refractivity contribution in [2.45, 2.75) is 25.8 Å². The van der Waals surface area contributed by atoms with Crippen molar-refractivity contribution in [3.63, 3.8) is 0 Å². The topological polar surface area (TPSA) is 64.1 Å². The molecule has 1 aliphatic rings. The number of hydrogen-bond donors (Lipinski definition) is 1. The van der Waals surface area contributed by atoms with Crippen molar-refractivity contribution in [3.05, 3.63) is 18.1 Å². The van der Waals surface area contributed by atoms with Gasteiger partial charge in [0.25, 0.3) is 0 Å². The van der Waals surface area contributed by atoms with E-state index < -0.39 is 5.97 Å². The number of aromatic nitrogens is 2. The molecular formula is C11H15N3O2. The normalized spacial score (nSPS) is 22.6. The molecule has 0 aromatic carbocycles. The third-order valence-electron chi connectivity index (χ3n) is 2.83. The summed E-state index contributed by atoms with van der Waals surface area (Å²) in [6.45, 7) is 2.18. The van der Waals surface area contributed by atoms with Crippen molar-refractivity contribution in [2.24, 2.45) is 5.92 Å². The summed E-state index contributed by atoms with van der Waals surface area (Å²) in [5.74, 6) is 1.01. The maximum absolute atomic E-state index is 11.1. The molecule has 2 atom stereocenters. The van der Waals surface area contributed by atoms with Crippen LogP contribution in [0.3, 0.4) is 0 Å². The highest BCUT2D eigenvalue weighted by molar-refractivity contribution is 5.86. The highest BCUT2D eigenvalue weighted by atomic mass is 16.5. The Morgan fingerprint density at radius 1 is 1.56 bits per heavy atom. The molecule has 5 nitrogen and oxygen atoms in total. The smallest absolute Gasteiger partial charge is 0.358 e. The minimum Gasteiger partial charge on any atom is -0.464 e. The molecule has 1 aromatic rings. The minimum absolute atomic E-state index is 0.232. The van der Waals surface area contributed by atoms with Crippen LogP contribution in [0.1, 0.15) is 30.3 Å². The van der Waals surface area contributed by atoms with Crippen LogP contribution in [0, 0.1) is 5.92 Å². The summed E-state index contributed by atoms with van der Waals surface area (Å²) in [6, 6.07) is 0.517. The van der Waals surface area contributed by atoms with Gasteiger partial charge in [0.15, 0.2) is 5.69 Å². The van der Waals surface area contributed by atoms with Crippen LogP contribution in [0.2, 0.25) is 0 Å². The second-order valence-corrected chi connectivity index (χ2v) is 3.93. The first-order chi connectivity index (χ1) is 7.74. The first kappa shape index (κ1) is 10.9. The highest BCUT2D eigenvalue weighted by Crippen LogP contribution is 2.35. The molecule has 0 amide bonds. The van der Waals surface area contributed by atoms with Gasteiger partial charge in [-0.1, -0.05) is 13.3 Å². The van der Waals surface area contributed by atoms with Gasteiger partial charge in [-0.3, -0.25) is 0 Å². The van der Waals surface area contributed by atoms with E-state index >= 15 is 0 Å². The number of hydrogen-bond acceptors (Lipinski definition) is 5. The first-order valence-electron chi connectivity index (χ1n) is 5.41. The van der Waals surface area contributed by atoms with E-state index in [1.807, 2.05) is 0 Å². The van der Waals surface area contributed by atoms with Crippen LogP contribution in [0.25, 0.3) is 0 Å². The van der Waals surface area contributed by atoms with Crippen LogP contribution in [-0.4, -0.2) is 29.1 Å². The zero-order chi connectivity index (χ0) is 11.5. The Bertz CT molecular complexity index is 377. The van der Waals surface area contributed by atoms with Gasteiger partial charge in [0, 0.05) is 6.04 Å². The van der Waals surface area contributed by atoms with Crippen molar-refractivity contribution in [3.8, 4) is 0 Å². The number of nitrogens with zero attached hydrogens (tertiary/aromatic N) is 2. The fourth-order valence-electron chi connectivity index (χ4n) is 1.68. The average Bonchev–Trinajstić information content (AvgIpc) is 3.07. The predicted octanol–water partition coefficient (Wildman–Crippen LogP) is 1.47. The fourth-order valence-corrected chi connectivity index (χ4v) is 1.68. The summed E-state index contributed by atoms with van der Waals surface area (Å²) in [5.41, 5.74) is 0.232. The van der Waals surface area contributed by atoms with E-state index in [1.54, 1.807) is 6.20 Å². The van der Waals surface area contributed by atoms with E-state index in [9.17, 15) is 4.79 Å². The maximum atomic E-state index is 11.1. The minimum atomic E-state index is -0.461. The average molecular weight is 221 g/mol. The van der Waals surface area contributed by atoms with E-state index in [-0.39, 0.29) is 5.69 Å². The lowest BCUT2D eigenvalue weighted by Gasteiger charge is -2.04. The predicted molar refractivity (Wildman–Crippen MR) is 59.2 cm³/mol. The number of nitrogens with one attached hydrogen (secondary N) is 1. The number of carbonyl (C=O) groups is 1. The lowest BCUT2D eigenvalue weighted by Crippen LogP contribution is -2.09. The van der Waals surface area contributed by atoms with Crippen LogP contribution in [0.4, 0.5) is 5.82 Å². The molecule has 1 aromatic heterocycles. The lowest BCUT2D eigenvalue weighted by atomic mass is 10.3. The van der Waals surface area contributed by atoms with Gasteiger partial charge < -0.3 is 10.1 Å². The zero-order valence-corrected chi connectivity index (χ0v) is 9.43. The van der Waals surface area contributed by atoms with Gasteiger partial charge in [-0.15, -0.1) is 0 Å². The molecule has 2 unspecified atom stereocenters. The van der Waals surface area contributed by atoms with Gasteiger partial charge in [0.1, 0.15) is 5.82 Å². The monoisotopic (exact) mass is 221 g/mol. The lowest BCUT2D eigenvalue weighted by molar-refractivity contribution is 0.0593. The highest BCUT2D eigenvalue weighted by Gasteiger charge is 2.35. The van der Waals surface area contributed by atoms with Gasteiger partial charge in [-0.2, -0.15) is 0 Å². The molecular weight excluding hydrogens is 206 g/mol. The molecule has 0 aliphatic heterocycles. The standard InChI is InChI=1S/C11H15N3O2/c1-3-7-4-8(7)14-10-6-12-9(5-13-10)11(15)16-2/h5-8H,3-4H2,1-2H3,(H,13,14). The van der Waals surface area contributed by atoms with Crippen molar-refractivity contribution in [2.75, 3.05) is 12.4 Å². The Morgan fingerprint density at radius 3 is 2.88 bits per heavy atom. The Kier molecular flexibility index (Phi) is 3.03. The molecule has 16 heavy (non-hydrogen) atoms. The molecule has 0 radical (unpaired) electrons. The Hall–Kier alpha value is -1.65. The number of ether oxygens (including phenoxy) is 1. The summed E-state index contributed by atoms with van der Waals surface area (Å²) in [7, 11) is 1.33. The third kappa shape index (κ3) is 2.29.